The summed E-state index contributed by atoms with van der Waals surface area (Å²) in [5.41, 5.74) is 3.25. The summed E-state index contributed by atoms with van der Waals surface area (Å²) in [6.45, 7) is 0.408. The number of nitrogens with zero attached hydrogens (tertiary/aromatic N) is 3. The predicted molar refractivity (Wildman–Crippen MR) is 90.6 cm³/mol. The molecule has 3 rings (SSSR count). The maximum atomic E-state index is 12.1. The number of pyridine rings is 3. The van der Waals surface area contributed by atoms with Gasteiger partial charge in [0, 0.05) is 47.6 Å². The Kier molecular flexibility index (Phi) is 4.73. The fourth-order valence-electron chi connectivity index (χ4n) is 2.03. The summed E-state index contributed by atoms with van der Waals surface area (Å²) in [4.78, 5) is 24.5. The fraction of sp³-hybridized carbons (Fsp3) is 0.0588. The van der Waals surface area contributed by atoms with Crippen LogP contribution in [0.15, 0.2) is 65.8 Å². The van der Waals surface area contributed by atoms with E-state index in [0.29, 0.717) is 12.1 Å². The van der Waals surface area contributed by atoms with Crippen molar-refractivity contribution in [3.05, 3.63) is 76.9 Å². The van der Waals surface area contributed by atoms with Crippen molar-refractivity contribution < 1.29 is 4.79 Å². The van der Waals surface area contributed by atoms with Gasteiger partial charge in [-0.05, 0) is 45.8 Å². The van der Waals surface area contributed by atoms with Crippen LogP contribution in [0.25, 0.3) is 11.3 Å². The van der Waals surface area contributed by atoms with E-state index < -0.39 is 0 Å². The molecule has 0 saturated heterocycles. The molecule has 6 heteroatoms. The standard InChI is InChI=1S/C17H13BrN4O/c18-15-6-14(10-20-11-15)17(23)22-8-12-3-4-16(21-7-12)13-2-1-5-19-9-13/h1-7,9-11H,8H2,(H,22,23). The molecule has 1 N–H and O–H groups in total. The van der Waals surface area contributed by atoms with E-state index in [1.807, 2.05) is 24.3 Å². The summed E-state index contributed by atoms with van der Waals surface area (Å²) in [5, 5.41) is 2.85. The summed E-state index contributed by atoms with van der Waals surface area (Å²) in [7, 11) is 0. The molecule has 3 aromatic heterocycles. The molecule has 0 aromatic carbocycles. The van der Waals surface area contributed by atoms with E-state index >= 15 is 0 Å². The number of nitrogens with one attached hydrogen (secondary N) is 1. The van der Waals surface area contributed by atoms with E-state index in [4.69, 9.17) is 0 Å². The summed E-state index contributed by atoms with van der Waals surface area (Å²) in [5.74, 6) is -0.171. The third-order valence-corrected chi connectivity index (χ3v) is 3.64. The highest BCUT2D eigenvalue weighted by Gasteiger charge is 2.06. The Hall–Kier alpha value is -2.60. The lowest BCUT2D eigenvalue weighted by molar-refractivity contribution is 0.0950. The lowest BCUT2D eigenvalue weighted by Gasteiger charge is -2.06. The third kappa shape index (κ3) is 3.98. The molecule has 0 fully saturated rings. The van der Waals surface area contributed by atoms with Gasteiger partial charge in [0.05, 0.1) is 11.3 Å². The number of aromatic nitrogens is 3. The van der Waals surface area contributed by atoms with Gasteiger partial charge in [0.2, 0.25) is 0 Å². The minimum absolute atomic E-state index is 0.171. The van der Waals surface area contributed by atoms with Crippen LogP contribution < -0.4 is 5.32 Å². The zero-order valence-corrected chi connectivity index (χ0v) is 13.7. The molecular formula is C17H13BrN4O. The van der Waals surface area contributed by atoms with Crippen molar-refractivity contribution in [3.63, 3.8) is 0 Å². The number of hydrogen-bond acceptors (Lipinski definition) is 4. The van der Waals surface area contributed by atoms with Gasteiger partial charge in [0.25, 0.3) is 5.91 Å². The summed E-state index contributed by atoms with van der Waals surface area (Å²) < 4.78 is 0.771. The number of amides is 1. The molecule has 3 heterocycles. The highest BCUT2D eigenvalue weighted by molar-refractivity contribution is 9.10. The van der Waals surface area contributed by atoms with E-state index in [9.17, 15) is 4.79 Å². The molecule has 0 spiro atoms. The van der Waals surface area contributed by atoms with Crippen molar-refractivity contribution in [2.75, 3.05) is 0 Å². The van der Waals surface area contributed by atoms with E-state index in [0.717, 1.165) is 21.3 Å². The van der Waals surface area contributed by atoms with E-state index in [1.54, 1.807) is 30.9 Å². The first kappa shape index (κ1) is 15.3. The second kappa shape index (κ2) is 7.11. The van der Waals surface area contributed by atoms with Gasteiger partial charge < -0.3 is 5.32 Å². The van der Waals surface area contributed by atoms with Crippen molar-refractivity contribution >= 4 is 21.8 Å². The van der Waals surface area contributed by atoms with Crippen molar-refractivity contribution in [1.82, 2.24) is 20.3 Å². The lowest BCUT2D eigenvalue weighted by Crippen LogP contribution is -2.23. The van der Waals surface area contributed by atoms with Crippen LogP contribution in [0.2, 0.25) is 0 Å². The van der Waals surface area contributed by atoms with Gasteiger partial charge in [0.15, 0.2) is 0 Å². The van der Waals surface area contributed by atoms with E-state index in [2.05, 4.69) is 36.2 Å². The van der Waals surface area contributed by atoms with Crippen molar-refractivity contribution in [3.8, 4) is 11.3 Å². The molecule has 0 radical (unpaired) electrons. The number of hydrogen-bond donors (Lipinski definition) is 1. The molecule has 0 bridgehead atoms. The van der Waals surface area contributed by atoms with Crippen molar-refractivity contribution in [2.24, 2.45) is 0 Å². The fourth-order valence-corrected chi connectivity index (χ4v) is 2.40. The van der Waals surface area contributed by atoms with Crippen LogP contribution in [-0.4, -0.2) is 20.9 Å². The number of halogens is 1. The number of rotatable bonds is 4. The Labute approximate surface area is 142 Å². The predicted octanol–water partition coefficient (Wildman–Crippen LogP) is 3.23. The minimum atomic E-state index is -0.171. The average molecular weight is 369 g/mol. The van der Waals surface area contributed by atoms with E-state index in [1.165, 1.54) is 6.20 Å². The van der Waals surface area contributed by atoms with Gasteiger partial charge in [-0.2, -0.15) is 0 Å². The van der Waals surface area contributed by atoms with Gasteiger partial charge in [0.1, 0.15) is 0 Å². The van der Waals surface area contributed by atoms with Crippen LogP contribution in [0.4, 0.5) is 0 Å². The van der Waals surface area contributed by atoms with Crippen LogP contribution in [-0.2, 0) is 6.54 Å². The quantitative estimate of drug-likeness (QED) is 0.767. The van der Waals surface area contributed by atoms with Crippen LogP contribution in [0.5, 0.6) is 0 Å². The molecule has 0 unspecified atom stereocenters. The maximum absolute atomic E-state index is 12.1. The molecule has 1 amide bonds. The normalized spacial score (nSPS) is 10.3. The van der Waals surface area contributed by atoms with Crippen LogP contribution in [0.3, 0.4) is 0 Å². The summed E-state index contributed by atoms with van der Waals surface area (Å²) >= 11 is 3.30. The Morgan fingerprint density at radius 2 is 2.00 bits per heavy atom. The summed E-state index contributed by atoms with van der Waals surface area (Å²) in [6.07, 6.45) is 8.41. The van der Waals surface area contributed by atoms with Gasteiger partial charge in [-0.1, -0.05) is 6.07 Å². The van der Waals surface area contributed by atoms with Crippen LogP contribution >= 0.6 is 15.9 Å². The Morgan fingerprint density at radius 3 is 2.70 bits per heavy atom. The SMILES string of the molecule is O=C(NCc1ccc(-c2cccnc2)nc1)c1cncc(Br)c1. The van der Waals surface area contributed by atoms with Gasteiger partial charge in [-0.25, -0.2) is 0 Å². The van der Waals surface area contributed by atoms with Gasteiger partial charge >= 0.3 is 0 Å². The number of carbonyl (C=O) groups is 1. The Morgan fingerprint density at radius 1 is 1.09 bits per heavy atom. The zero-order chi connectivity index (χ0) is 16.1. The van der Waals surface area contributed by atoms with E-state index in [-0.39, 0.29) is 5.91 Å². The van der Waals surface area contributed by atoms with Crippen LogP contribution in [0, 0.1) is 0 Å². The minimum Gasteiger partial charge on any atom is -0.348 e. The van der Waals surface area contributed by atoms with Gasteiger partial charge in [-0.15, -0.1) is 0 Å². The molecule has 0 aliphatic carbocycles. The lowest BCUT2D eigenvalue weighted by atomic mass is 10.1. The summed E-state index contributed by atoms with van der Waals surface area (Å²) in [6, 6.07) is 9.41. The smallest absolute Gasteiger partial charge is 0.253 e. The number of carbonyl (C=O) groups excluding carboxylic acids is 1. The second-order valence-corrected chi connectivity index (χ2v) is 5.78. The maximum Gasteiger partial charge on any atom is 0.253 e. The molecule has 23 heavy (non-hydrogen) atoms. The highest BCUT2D eigenvalue weighted by atomic mass is 79.9. The monoisotopic (exact) mass is 368 g/mol. The Balaban J connectivity index is 1.64. The first-order valence-corrected chi connectivity index (χ1v) is 7.76. The molecule has 0 aliphatic rings. The van der Waals surface area contributed by atoms with Crippen molar-refractivity contribution in [1.29, 1.82) is 0 Å². The molecule has 3 aromatic rings. The Bertz CT molecular complexity index is 806. The topological polar surface area (TPSA) is 67.8 Å². The molecule has 5 nitrogen and oxygen atoms in total. The van der Waals surface area contributed by atoms with Gasteiger partial charge in [-0.3, -0.25) is 19.7 Å². The second-order valence-electron chi connectivity index (χ2n) is 4.87. The first-order valence-electron chi connectivity index (χ1n) is 6.96. The molecular weight excluding hydrogens is 356 g/mol. The van der Waals surface area contributed by atoms with Crippen LogP contribution in [0.1, 0.15) is 15.9 Å². The van der Waals surface area contributed by atoms with Crippen molar-refractivity contribution in [2.45, 2.75) is 6.54 Å². The molecule has 114 valence electrons. The average Bonchev–Trinajstić information content (AvgIpc) is 2.61. The third-order valence-electron chi connectivity index (χ3n) is 3.20. The zero-order valence-electron chi connectivity index (χ0n) is 12.1. The molecule has 0 saturated carbocycles. The highest BCUT2D eigenvalue weighted by Crippen LogP contribution is 2.15. The first-order chi connectivity index (χ1) is 11.2. The molecule has 0 aliphatic heterocycles. The molecule has 0 atom stereocenters. The largest absolute Gasteiger partial charge is 0.348 e.